The van der Waals surface area contributed by atoms with Gasteiger partial charge in [0.1, 0.15) is 0 Å². The van der Waals surface area contributed by atoms with Crippen LogP contribution in [0.1, 0.15) is 0 Å². The molecule has 3 nitrogen and oxygen atoms in total. The SMILES string of the molecule is [Al+3].[O-2].[O-2].[O-2]. The summed E-state index contributed by atoms with van der Waals surface area (Å²) in [6, 6.07) is 0. The fourth-order valence-corrected chi connectivity index (χ4v) is 0. The second kappa shape index (κ2) is 117. The van der Waals surface area contributed by atoms with E-state index in [4.69, 9.17) is 0 Å². The summed E-state index contributed by atoms with van der Waals surface area (Å²) in [4.78, 5) is 0. The van der Waals surface area contributed by atoms with Crippen LogP contribution in [0.3, 0.4) is 0 Å². The molecule has 0 radical (unpaired) electrons. The topological polar surface area (TPSA) is 85.5 Å². The summed E-state index contributed by atoms with van der Waals surface area (Å²) in [6.45, 7) is 0. The molecule has 0 aliphatic rings. The van der Waals surface area contributed by atoms with Crippen LogP contribution in [0, 0.1) is 0 Å². The predicted octanol–water partition coefficient (Wildman–Crippen LogP) is -0.737. The molecule has 0 bridgehead atoms. The Morgan fingerprint density at radius 2 is 0.500 bits per heavy atom. The molecule has 0 N–H and O–H groups in total. The van der Waals surface area contributed by atoms with E-state index in [9.17, 15) is 0 Å². The van der Waals surface area contributed by atoms with Gasteiger partial charge in [0.25, 0.3) is 0 Å². The summed E-state index contributed by atoms with van der Waals surface area (Å²) >= 11 is 0. The Kier molecular flexibility index (Phi) is 8810. The van der Waals surface area contributed by atoms with Crippen molar-refractivity contribution in [3.63, 3.8) is 0 Å². The maximum Gasteiger partial charge on any atom is 3.00 e. The molecule has 4 heavy (non-hydrogen) atoms. The van der Waals surface area contributed by atoms with E-state index in [1.54, 1.807) is 0 Å². The van der Waals surface area contributed by atoms with E-state index in [-0.39, 0.29) is 33.8 Å². The molecule has 4 heteroatoms. The van der Waals surface area contributed by atoms with E-state index in [2.05, 4.69) is 0 Å². The summed E-state index contributed by atoms with van der Waals surface area (Å²) in [6.07, 6.45) is 0. The molecule has 0 unspecified atom stereocenters. The van der Waals surface area contributed by atoms with Crippen LogP contribution in [0.4, 0.5) is 0 Å². The predicted molar refractivity (Wildman–Crippen MR) is 7.81 cm³/mol. The molecule has 0 rings (SSSR count). The number of rotatable bonds is 0. The normalized spacial score (nSPS) is 0. The average Bonchev–Trinajstić information content (AvgIpc) is 0. The van der Waals surface area contributed by atoms with Crippen LogP contribution in [0.5, 0.6) is 0 Å². The first-order valence-corrected chi connectivity index (χ1v) is 0. The second-order valence-electron chi connectivity index (χ2n) is 0. The van der Waals surface area contributed by atoms with Crippen LogP contribution >= 0.6 is 0 Å². The Hall–Kier alpha value is 0.412. The third-order valence-corrected chi connectivity index (χ3v) is 0. The fraction of sp³-hybridized carbons (Fsp3) is 0. The van der Waals surface area contributed by atoms with Crippen molar-refractivity contribution in [1.29, 1.82) is 0 Å². The Morgan fingerprint density at radius 3 is 0.500 bits per heavy atom. The quantitative estimate of drug-likeness (QED) is 0.339. The molecule has 0 saturated carbocycles. The van der Waals surface area contributed by atoms with Crippen LogP contribution in [0.2, 0.25) is 0 Å². The van der Waals surface area contributed by atoms with Crippen molar-refractivity contribution in [2.24, 2.45) is 0 Å². The molecule has 0 aliphatic heterocycles. The minimum Gasteiger partial charge on any atom is -2.00 e. The van der Waals surface area contributed by atoms with Gasteiger partial charge in [-0.2, -0.15) is 0 Å². The van der Waals surface area contributed by atoms with Gasteiger partial charge in [0.05, 0.1) is 0 Å². The third kappa shape index (κ3) is 28.3. The van der Waals surface area contributed by atoms with Gasteiger partial charge in [-0.25, -0.2) is 0 Å². The Labute approximate surface area is 34.7 Å². The Morgan fingerprint density at radius 1 is 0.500 bits per heavy atom. The molecule has 0 aromatic rings. The van der Waals surface area contributed by atoms with Crippen molar-refractivity contribution >= 4 is 17.4 Å². The largest absolute Gasteiger partial charge is 3.00 e. The van der Waals surface area contributed by atoms with Crippen molar-refractivity contribution in [3.8, 4) is 0 Å². The average molecular weight is 75.0 g/mol. The van der Waals surface area contributed by atoms with Crippen LogP contribution < -0.4 is 0 Å². The van der Waals surface area contributed by atoms with Crippen molar-refractivity contribution in [3.05, 3.63) is 0 Å². The summed E-state index contributed by atoms with van der Waals surface area (Å²) in [5, 5.41) is 0. The van der Waals surface area contributed by atoms with E-state index in [1.165, 1.54) is 0 Å². The second-order valence-corrected chi connectivity index (χ2v) is 0. The monoisotopic (exact) mass is 75.0 g/mol. The van der Waals surface area contributed by atoms with Gasteiger partial charge >= 0.3 is 17.4 Å². The molecule has 0 spiro atoms. The zero-order chi connectivity index (χ0) is 0. The first-order chi connectivity index (χ1) is 0. The Bertz CT molecular complexity index is 3.25. The van der Waals surface area contributed by atoms with Crippen LogP contribution in [0.15, 0.2) is 0 Å². The summed E-state index contributed by atoms with van der Waals surface area (Å²) in [5.41, 5.74) is 0. The minimum atomic E-state index is 0. The zero-order valence-electron chi connectivity index (χ0n) is 1.80. The standard InChI is InChI=1S/Al.3O/q+3;3*-2. The molecule has 0 heterocycles. The van der Waals surface area contributed by atoms with E-state index < -0.39 is 0 Å². The smallest absolute Gasteiger partial charge is 2.00 e. The first-order valence-electron chi connectivity index (χ1n) is 0. The zero-order valence-corrected chi connectivity index (χ0v) is 2.96. The van der Waals surface area contributed by atoms with Crippen molar-refractivity contribution < 1.29 is 16.4 Å². The number of hydrogen-bond donors (Lipinski definition) is 0. The van der Waals surface area contributed by atoms with Crippen LogP contribution in [0.25, 0.3) is 0 Å². The molecular formula is AlO3-3. The van der Waals surface area contributed by atoms with Crippen LogP contribution in [-0.2, 0) is 16.4 Å². The van der Waals surface area contributed by atoms with E-state index in [1.807, 2.05) is 0 Å². The van der Waals surface area contributed by atoms with Crippen LogP contribution in [-0.4, -0.2) is 17.4 Å². The maximum absolute atomic E-state index is 0. The van der Waals surface area contributed by atoms with Gasteiger partial charge in [0.2, 0.25) is 0 Å². The van der Waals surface area contributed by atoms with Gasteiger partial charge in [-0.3, -0.25) is 0 Å². The molecule has 0 saturated heterocycles. The van der Waals surface area contributed by atoms with Crippen molar-refractivity contribution in [2.45, 2.75) is 0 Å². The molecule has 0 aromatic carbocycles. The molecule has 24 valence electrons. The van der Waals surface area contributed by atoms with Gasteiger partial charge in [0, 0.05) is 0 Å². The van der Waals surface area contributed by atoms with E-state index >= 15 is 0 Å². The van der Waals surface area contributed by atoms with E-state index in [0.29, 0.717) is 0 Å². The third-order valence-electron chi connectivity index (χ3n) is 0. The van der Waals surface area contributed by atoms with Gasteiger partial charge in [-0.05, 0) is 0 Å². The Balaban J connectivity index is 0. The van der Waals surface area contributed by atoms with E-state index in [0.717, 1.165) is 0 Å². The van der Waals surface area contributed by atoms with Gasteiger partial charge in [-0.1, -0.05) is 0 Å². The van der Waals surface area contributed by atoms with Gasteiger partial charge < -0.3 is 16.4 Å². The number of hydrogen-bond acceptors (Lipinski definition) is 0. The summed E-state index contributed by atoms with van der Waals surface area (Å²) < 4.78 is 0. The maximum atomic E-state index is 0. The molecule has 0 aliphatic carbocycles. The summed E-state index contributed by atoms with van der Waals surface area (Å²) in [5.74, 6) is 0. The van der Waals surface area contributed by atoms with Crippen molar-refractivity contribution in [2.75, 3.05) is 0 Å². The molecule has 0 fully saturated rings. The fourth-order valence-electron chi connectivity index (χ4n) is 0. The van der Waals surface area contributed by atoms with Gasteiger partial charge in [-0.15, -0.1) is 0 Å². The molecule has 0 atom stereocenters. The molecule has 0 amide bonds. The molecule has 0 aromatic heterocycles. The van der Waals surface area contributed by atoms with Crippen molar-refractivity contribution in [1.82, 2.24) is 0 Å². The molecular weight excluding hydrogens is 75.0 g/mol. The summed E-state index contributed by atoms with van der Waals surface area (Å²) in [7, 11) is 0. The van der Waals surface area contributed by atoms with Gasteiger partial charge in [0.15, 0.2) is 0 Å². The first kappa shape index (κ1) is 302. The minimum absolute atomic E-state index is 0.